The lowest BCUT2D eigenvalue weighted by atomic mass is 9.75. The Kier molecular flexibility index (Phi) is 6.58. The molecule has 3 heterocycles. The number of aryl methyl sites for hydroxylation is 1. The molecule has 35 heavy (non-hydrogen) atoms. The van der Waals surface area contributed by atoms with Crippen LogP contribution in [0.3, 0.4) is 0 Å². The van der Waals surface area contributed by atoms with Crippen molar-refractivity contribution in [3.63, 3.8) is 0 Å². The molecule has 2 saturated heterocycles. The summed E-state index contributed by atoms with van der Waals surface area (Å²) in [5.74, 6) is 0.602. The van der Waals surface area contributed by atoms with Gasteiger partial charge in [0.05, 0.1) is 5.41 Å². The first-order valence-corrected chi connectivity index (χ1v) is 12.7. The van der Waals surface area contributed by atoms with Gasteiger partial charge in [0.25, 0.3) is 0 Å². The smallest absolute Gasteiger partial charge is 0.240 e. The van der Waals surface area contributed by atoms with Crippen LogP contribution in [0.5, 0.6) is 0 Å². The van der Waals surface area contributed by atoms with Crippen LogP contribution in [0.2, 0.25) is 0 Å². The van der Waals surface area contributed by atoms with Gasteiger partial charge in [0, 0.05) is 45.6 Å². The summed E-state index contributed by atoms with van der Waals surface area (Å²) in [7, 11) is 0. The number of piperazine rings is 1. The average molecular weight is 480 g/mol. The molecule has 0 bridgehead atoms. The van der Waals surface area contributed by atoms with Crippen molar-refractivity contribution >= 4 is 23.5 Å². The quantitative estimate of drug-likeness (QED) is 0.587. The van der Waals surface area contributed by atoms with Crippen LogP contribution in [-0.4, -0.2) is 70.6 Å². The van der Waals surface area contributed by atoms with E-state index in [1.807, 2.05) is 37.3 Å². The van der Waals surface area contributed by atoms with Gasteiger partial charge in [0.1, 0.15) is 5.69 Å². The molecule has 2 aromatic rings. The normalized spacial score (nSPS) is 23.9. The van der Waals surface area contributed by atoms with Crippen LogP contribution in [0.4, 0.5) is 5.82 Å². The van der Waals surface area contributed by atoms with Crippen molar-refractivity contribution in [1.82, 2.24) is 20.1 Å². The number of hydrogen-bond donors (Lipinski definition) is 0. The van der Waals surface area contributed by atoms with E-state index in [1.165, 1.54) is 11.3 Å². The van der Waals surface area contributed by atoms with E-state index in [4.69, 9.17) is 4.63 Å². The van der Waals surface area contributed by atoms with Gasteiger partial charge in [-0.15, -0.1) is 0 Å². The highest BCUT2D eigenvalue weighted by molar-refractivity contribution is 6.10. The van der Waals surface area contributed by atoms with Crippen LogP contribution >= 0.6 is 0 Å². The van der Waals surface area contributed by atoms with Gasteiger partial charge in [0.15, 0.2) is 5.82 Å². The van der Waals surface area contributed by atoms with Crippen molar-refractivity contribution in [1.29, 1.82) is 0 Å². The first kappa shape index (κ1) is 23.5. The summed E-state index contributed by atoms with van der Waals surface area (Å²) < 4.78 is 4.81. The van der Waals surface area contributed by atoms with Gasteiger partial charge in [-0.3, -0.25) is 19.3 Å². The van der Waals surface area contributed by atoms with Crippen molar-refractivity contribution in [2.24, 2.45) is 5.92 Å². The van der Waals surface area contributed by atoms with Crippen molar-refractivity contribution in [2.45, 2.75) is 57.3 Å². The minimum atomic E-state index is -1.13. The Labute approximate surface area is 205 Å². The second-order valence-electron chi connectivity index (χ2n) is 10.2. The highest BCUT2D eigenvalue weighted by Gasteiger charge is 2.54. The van der Waals surface area contributed by atoms with Crippen molar-refractivity contribution in [2.75, 3.05) is 37.6 Å². The molecule has 0 spiro atoms. The molecular formula is C26H33N5O4. The SMILES string of the molecule is Cc1nonc1N1CCN(C(=O)CC2(c3ccccc3)CC(=O)N(CC3CCCCC3)C2=O)CC1. The molecule has 2 aliphatic heterocycles. The number of rotatable bonds is 6. The summed E-state index contributed by atoms with van der Waals surface area (Å²) in [5.41, 5.74) is 0.343. The zero-order valence-corrected chi connectivity index (χ0v) is 20.3. The third-order valence-electron chi connectivity index (χ3n) is 7.91. The van der Waals surface area contributed by atoms with Crippen LogP contribution in [0.25, 0.3) is 0 Å². The Morgan fingerprint density at radius 3 is 2.40 bits per heavy atom. The number of carbonyl (C=O) groups excluding carboxylic acids is 3. The van der Waals surface area contributed by atoms with Crippen LogP contribution in [0.1, 0.15) is 56.2 Å². The fraction of sp³-hybridized carbons (Fsp3) is 0.577. The molecule has 1 atom stereocenters. The number of hydrogen-bond acceptors (Lipinski definition) is 7. The lowest BCUT2D eigenvalue weighted by molar-refractivity contribution is -0.143. The van der Waals surface area contributed by atoms with Gasteiger partial charge in [-0.2, -0.15) is 0 Å². The van der Waals surface area contributed by atoms with Gasteiger partial charge >= 0.3 is 0 Å². The van der Waals surface area contributed by atoms with Gasteiger partial charge in [-0.05, 0) is 36.4 Å². The van der Waals surface area contributed by atoms with Crippen molar-refractivity contribution < 1.29 is 19.0 Å². The molecule has 3 aliphatic rings. The number of anilines is 1. The maximum Gasteiger partial charge on any atom is 0.240 e. The predicted molar refractivity (Wildman–Crippen MR) is 128 cm³/mol. The van der Waals surface area contributed by atoms with Gasteiger partial charge in [-0.1, -0.05) is 54.8 Å². The molecule has 0 N–H and O–H groups in total. The fourth-order valence-electron chi connectivity index (χ4n) is 5.89. The van der Waals surface area contributed by atoms with E-state index in [0.717, 1.165) is 36.9 Å². The number of carbonyl (C=O) groups is 3. The van der Waals surface area contributed by atoms with E-state index in [9.17, 15) is 14.4 Å². The summed E-state index contributed by atoms with van der Waals surface area (Å²) in [6.45, 7) is 4.58. The first-order chi connectivity index (χ1) is 17.0. The van der Waals surface area contributed by atoms with E-state index < -0.39 is 5.41 Å². The lowest BCUT2D eigenvalue weighted by Crippen LogP contribution is -2.51. The zero-order valence-electron chi connectivity index (χ0n) is 20.3. The predicted octanol–water partition coefficient (Wildman–Crippen LogP) is 2.69. The lowest BCUT2D eigenvalue weighted by Gasteiger charge is -2.36. The second kappa shape index (κ2) is 9.79. The third-order valence-corrected chi connectivity index (χ3v) is 7.91. The van der Waals surface area contributed by atoms with Gasteiger partial charge in [0.2, 0.25) is 17.7 Å². The van der Waals surface area contributed by atoms with Crippen LogP contribution in [0.15, 0.2) is 35.0 Å². The summed E-state index contributed by atoms with van der Waals surface area (Å²) in [4.78, 5) is 45.9. The van der Waals surface area contributed by atoms with E-state index >= 15 is 0 Å². The summed E-state index contributed by atoms with van der Waals surface area (Å²) >= 11 is 0. The Morgan fingerprint density at radius 1 is 1.03 bits per heavy atom. The van der Waals surface area contributed by atoms with Crippen LogP contribution in [0, 0.1) is 12.8 Å². The third kappa shape index (κ3) is 4.56. The largest absolute Gasteiger partial charge is 0.349 e. The molecule has 0 radical (unpaired) electrons. The minimum Gasteiger partial charge on any atom is -0.349 e. The van der Waals surface area contributed by atoms with Crippen molar-refractivity contribution in [3.8, 4) is 0 Å². The maximum atomic E-state index is 13.9. The zero-order chi connectivity index (χ0) is 24.4. The maximum absolute atomic E-state index is 13.9. The minimum absolute atomic E-state index is 0.00724. The molecule has 1 aliphatic carbocycles. The van der Waals surface area contributed by atoms with Crippen LogP contribution < -0.4 is 4.90 Å². The molecule has 5 rings (SSSR count). The molecule has 1 unspecified atom stereocenters. The highest BCUT2D eigenvalue weighted by Crippen LogP contribution is 2.41. The van der Waals surface area contributed by atoms with E-state index in [0.29, 0.717) is 44.5 Å². The molecule has 1 aromatic heterocycles. The molecule has 9 nitrogen and oxygen atoms in total. The topological polar surface area (TPSA) is 99.8 Å². The molecular weight excluding hydrogens is 446 g/mol. The number of likely N-dealkylation sites (tertiary alicyclic amines) is 1. The monoisotopic (exact) mass is 479 g/mol. The van der Waals surface area contributed by atoms with E-state index in [-0.39, 0.29) is 30.6 Å². The number of nitrogens with zero attached hydrogens (tertiary/aromatic N) is 5. The summed E-state index contributed by atoms with van der Waals surface area (Å²) in [5, 5.41) is 7.81. The molecule has 1 saturated carbocycles. The Balaban J connectivity index is 1.32. The van der Waals surface area contributed by atoms with Crippen LogP contribution in [-0.2, 0) is 19.8 Å². The second-order valence-corrected chi connectivity index (χ2v) is 10.2. The standard InChI is InChI=1S/C26H33N5O4/c1-19-24(28-35-27-19)30-14-12-29(13-15-30)22(32)16-26(21-10-6-3-7-11-21)17-23(33)31(25(26)34)18-20-8-4-2-5-9-20/h3,6-7,10-11,20H,2,4-5,8-9,12-18H2,1H3. The van der Waals surface area contributed by atoms with E-state index in [1.54, 1.807) is 4.90 Å². The molecule has 186 valence electrons. The summed E-state index contributed by atoms with van der Waals surface area (Å²) in [6.07, 6.45) is 5.70. The molecule has 1 aromatic carbocycles. The Bertz CT molecular complexity index is 1070. The number of aromatic nitrogens is 2. The average Bonchev–Trinajstić information content (AvgIpc) is 3.42. The highest BCUT2D eigenvalue weighted by atomic mass is 16.6. The molecule has 3 amide bonds. The summed E-state index contributed by atoms with van der Waals surface area (Å²) in [6, 6.07) is 9.38. The number of amides is 3. The molecule has 3 fully saturated rings. The Morgan fingerprint density at radius 2 is 1.74 bits per heavy atom. The van der Waals surface area contributed by atoms with E-state index in [2.05, 4.69) is 15.2 Å². The number of benzene rings is 1. The first-order valence-electron chi connectivity index (χ1n) is 12.7. The number of imide groups is 1. The fourth-order valence-corrected chi connectivity index (χ4v) is 5.89. The molecule has 9 heteroatoms. The Hall–Kier alpha value is -3.23. The van der Waals surface area contributed by atoms with Gasteiger partial charge in [-0.25, -0.2) is 4.63 Å². The van der Waals surface area contributed by atoms with Gasteiger partial charge < -0.3 is 9.80 Å². The van der Waals surface area contributed by atoms with Crippen molar-refractivity contribution in [3.05, 3.63) is 41.6 Å².